The Hall–Kier alpha value is -1.17. The van der Waals surface area contributed by atoms with Gasteiger partial charge < -0.3 is 5.73 Å². The van der Waals surface area contributed by atoms with Gasteiger partial charge in [0.1, 0.15) is 0 Å². The van der Waals surface area contributed by atoms with Gasteiger partial charge >= 0.3 is 12.1 Å². The molecule has 0 amide bonds. The molecule has 1 nitrogen and oxygen atoms in total. The standard InChI is InChI=1S/C11H12F5N/c1-7(6-17)8-2-4-9(5-3-8)10(12,13)11(14,15)16/h2-5,7H,6,17H2,1H3. The fourth-order valence-electron chi connectivity index (χ4n) is 1.32. The summed E-state index contributed by atoms with van der Waals surface area (Å²) < 4.78 is 62.1. The average molecular weight is 253 g/mol. The van der Waals surface area contributed by atoms with Gasteiger partial charge in [0.05, 0.1) is 0 Å². The molecule has 2 N–H and O–H groups in total. The van der Waals surface area contributed by atoms with Crippen LogP contribution in [-0.2, 0) is 5.92 Å². The zero-order chi connectivity index (χ0) is 13.3. The van der Waals surface area contributed by atoms with Gasteiger partial charge in [-0.2, -0.15) is 22.0 Å². The zero-order valence-corrected chi connectivity index (χ0v) is 9.06. The summed E-state index contributed by atoms with van der Waals surface area (Å²) in [6.07, 6.45) is -5.58. The van der Waals surface area contributed by atoms with Crippen molar-refractivity contribution in [1.82, 2.24) is 0 Å². The maximum absolute atomic E-state index is 12.9. The molecule has 0 aliphatic heterocycles. The molecule has 0 heterocycles. The Morgan fingerprint density at radius 1 is 1.06 bits per heavy atom. The summed E-state index contributed by atoms with van der Waals surface area (Å²) >= 11 is 0. The van der Waals surface area contributed by atoms with Gasteiger partial charge in [0, 0.05) is 5.56 Å². The number of nitrogens with two attached hydrogens (primary N) is 1. The number of rotatable bonds is 3. The van der Waals surface area contributed by atoms with Gasteiger partial charge in [-0.1, -0.05) is 31.2 Å². The predicted octanol–water partition coefficient (Wildman–Crippen LogP) is 3.40. The van der Waals surface area contributed by atoms with Crippen LogP contribution in [0.3, 0.4) is 0 Å². The first kappa shape index (κ1) is 13.9. The van der Waals surface area contributed by atoms with Gasteiger partial charge in [-0.3, -0.25) is 0 Å². The molecule has 17 heavy (non-hydrogen) atoms. The minimum absolute atomic E-state index is 0.0800. The molecule has 0 spiro atoms. The minimum Gasteiger partial charge on any atom is -0.330 e. The van der Waals surface area contributed by atoms with E-state index in [2.05, 4.69) is 0 Å². The highest BCUT2D eigenvalue weighted by molar-refractivity contribution is 5.28. The number of benzene rings is 1. The highest BCUT2D eigenvalue weighted by atomic mass is 19.4. The van der Waals surface area contributed by atoms with Crippen molar-refractivity contribution < 1.29 is 22.0 Å². The van der Waals surface area contributed by atoms with E-state index in [0.29, 0.717) is 12.1 Å². The summed E-state index contributed by atoms with van der Waals surface area (Å²) in [6, 6.07) is 4.06. The lowest BCUT2D eigenvalue weighted by atomic mass is 9.98. The van der Waals surface area contributed by atoms with Crippen LogP contribution in [0.25, 0.3) is 0 Å². The van der Waals surface area contributed by atoms with Crippen molar-refractivity contribution in [2.24, 2.45) is 5.73 Å². The number of alkyl halides is 5. The van der Waals surface area contributed by atoms with E-state index in [0.717, 1.165) is 12.1 Å². The molecule has 1 aromatic carbocycles. The van der Waals surface area contributed by atoms with E-state index in [9.17, 15) is 22.0 Å². The SMILES string of the molecule is CC(CN)c1ccc(C(F)(F)C(F)(F)F)cc1. The molecule has 0 radical (unpaired) electrons. The van der Waals surface area contributed by atoms with E-state index in [4.69, 9.17) is 5.73 Å². The third-order valence-corrected chi connectivity index (χ3v) is 2.55. The topological polar surface area (TPSA) is 26.0 Å². The smallest absolute Gasteiger partial charge is 0.330 e. The quantitative estimate of drug-likeness (QED) is 0.821. The summed E-state index contributed by atoms with van der Waals surface area (Å²) in [5, 5.41) is 0. The zero-order valence-electron chi connectivity index (χ0n) is 9.06. The van der Waals surface area contributed by atoms with Crippen LogP contribution in [0.15, 0.2) is 24.3 Å². The second-order valence-corrected chi connectivity index (χ2v) is 3.83. The maximum Gasteiger partial charge on any atom is 0.458 e. The lowest BCUT2D eigenvalue weighted by Gasteiger charge is -2.20. The van der Waals surface area contributed by atoms with Crippen LogP contribution < -0.4 is 5.73 Å². The molecular weight excluding hydrogens is 241 g/mol. The number of hydrogen-bond acceptors (Lipinski definition) is 1. The molecule has 0 aliphatic rings. The lowest BCUT2D eigenvalue weighted by molar-refractivity contribution is -0.289. The summed E-state index contributed by atoms with van der Waals surface area (Å²) in [5.41, 5.74) is 4.95. The summed E-state index contributed by atoms with van der Waals surface area (Å²) in [4.78, 5) is 0. The second-order valence-electron chi connectivity index (χ2n) is 3.83. The molecule has 0 aliphatic carbocycles. The lowest BCUT2D eigenvalue weighted by Crippen LogP contribution is -2.33. The van der Waals surface area contributed by atoms with Crippen molar-refractivity contribution in [1.29, 1.82) is 0 Å². The Morgan fingerprint density at radius 3 is 1.88 bits per heavy atom. The van der Waals surface area contributed by atoms with Crippen molar-refractivity contribution in [3.05, 3.63) is 35.4 Å². The summed E-state index contributed by atoms with van der Waals surface area (Å²) in [5.74, 6) is -4.90. The van der Waals surface area contributed by atoms with Crippen molar-refractivity contribution in [3.8, 4) is 0 Å². The molecule has 1 unspecified atom stereocenters. The first-order valence-electron chi connectivity index (χ1n) is 4.95. The first-order chi connectivity index (χ1) is 7.70. The van der Waals surface area contributed by atoms with E-state index in [1.54, 1.807) is 6.92 Å². The Bertz CT molecular complexity index is 368. The summed E-state index contributed by atoms with van der Waals surface area (Å²) in [6.45, 7) is 2.06. The van der Waals surface area contributed by atoms with Crippen LogP contribution in [0.1, 0.15) is 24.0 Å². The van der Waals surface area contributed by atoms with Crippen molar-refractivity contribution in [2.45, 2.75) is 24.9 Å². The molecule has 0 saturated heterocycles. The van der Waals surface area contributed by atoms with E-state index in [1.165, 1.54) is 12.1 Å². The Labute approximate surface area is 95.4 Å². The highest BCUT2D eigenvalue weighted by Crippen LogP contribution is 2.43. The van der Waals surface area contributed by atoms with Gasteiger partial charge in [0.25, 0.3) is 0 Å². The fraction of sp³-hybridized carbons (Fsp3) is 0.455. The van der Waals surface area contributed by atoms with Crippen molar-refractivity contribution in [2.75, 3.05) is 6.54 Å². The normalized spacial score (nSPS) is 14.8. The molecule has 1 rings (SSSR count). The van der Waals surface area contributed by atoms with Crippen molar-refractivity contribution >= 4 is 0 Å². The van der Waals surface area contributed by atoms with Crippen LogP contribution in [0.2, 0.25) is 0 Å². The average Bonchev–Trinajstić information content (AvgIpc) is 2.26. The van der Waals surface area contributed by atoms with Crippen LogP contribution in [0, 0.1) is 0 Å². The molecule has 0 bridgehead atoms. The maximum atomic E-state index is 12.9. The number of hydrogen-bond donors (Lipinski definition) is 1. The van der Waals surface area contributed by atoms with E-state index >= 15 is 0 Å². The largest absolute Gasteiger partial charge is 0.458 e. The van der Waals surface area contributed by atoms with Crippen LogP contribution in [-0.4, -0.2) is 12.7 Å². The third kappa shape index (κ3) is 2.74. The van der Waals surface area contributed by atoms with Crippen LogP contribution >= 0.6 is 0 Å². The molecular formula is C11H12F5N. The Balaban J connectivity index is 3.03. The highest BCUT2D eigenvalue weighted by Gasteiger charge is 2.58. The van der Waals surface area contributed by atoms with Crippen LogP contribution in [0.4, 0.5) is 22.0 Å². The van der Waals surface area contributed by atoms with Gasteiger partial charge in [-0.25, -0.2) is 0 Å². The van der Waals surface area contributed by atoms with Crippen LogP contribution in [0.5, 0.6) is 0 Å². The molecule has 1 atom stereocenters. The fourth-order valence-corrected chi connectivity index (χ4v) is 1.32. The van der Waals surface area contributed by atoms with Gasteiger partial charge in [-0.15, -0.1) is 0 Å². The molecule has 0 aromatic heterocycles. The van der Waals surface area contributed by atoms with Gasteiger partial charge in [0.2, 0.25) is 0 Å². The van der Waals surface area contributed by atoms with Gasteiger partial charge in [-0.05, 0) is 18.0 Å². The van der Waals surface area contributed by atoms with Crippen molar-refractivity contribution in [3.63, 3.8) is 0 Å². The molecule has 96 valence electrons. The Kier molecular flexibility index (Phi) is 3.76. The molecule has 0 fully saturated rings. The second kappa shape index (κ2) is 4.60. The van der Waals surface area contributed by atoms with E-state index in [-0.39, 0.29) is 5.92 Å². The Morgan fingerprint density at radius 2 is 1.53 bits per heavy atom. The van der Waals surface area contributed by atoms with Gasteiger partial charge in [0.15, 0.2) is 0 Å². The summed E-state index contributed by atoms with van der Waals surface area (Å²) in [7, 11) is 0. The first-order valence-corrected chi connectivity index (χ1v) is 4.95. The number of halogens is 5. The molecule has 0 saturated carbocycles. The minimum atomic E-state index is -5.58. The third-order valence-electron chi connectivity index (χ3n) is 2.55. The van der Waals surface area contributed by atoms with E-state index < -0.39 is 17.7 Å². The molecule has 6 heteroatoms. The monoisotopic (exact) mass is 253 g/mol. The predicted molar refractivity (Wildman–Crippen MR) is 53.9 cm³/mol. The molecule has 1 aromatic rings. The van der Waals surface area contributed by atoms with E-state index in [1.807, 2.05) is 0 Å².